The monoisotopic (exact) mass is 544 g/mol. The average Bonchev–Trinajstić information content (AvgIpc) is 3.48. The minimum Gasteiger partial charge on any atom is -0.465 e. The lowest BCUT2D eigenvalue weighted by Gasteiger charge is -2.16. The van der Waals surface area contributed by atoms with Crippen molar-refractivity contribution in [1.29, 1.82) is 0 Å². The predicted octanol–water partition coefficient (Wildman–Crippen LogP) is 5.72. The van der Waals surface area contributed by atoms with Crippen molar-refractivity contribution in [3.63, 3.8) is 0 Å². The summed E-state index contributed by atoms with van der Waals surface area (Å²) in [6.07, 6.45) is -8.73. The summed E-state index contributed by atoms with van der Waals surface area (Å²) in [6, 6.07) is 4.42. The Balaban J connectivity index is 1.69. The van der Waals surface area contributed by atoms with Crippen molar-refractivity contribution in [3.8, 4) is 10.6 Å². The first-order valence-electron chi connectivity index (χ1n) is 10.7. The summed E-state index contributed by atoms with van der Waals surface area (Å²) in [5.74, 6) is -2.85. The zero-order chi connectivity index (χ0) is 27.1. The topological polar surface area (TPSA) is 84.4 Å². The van der Waals surface area contributed by atoms with E-state index in [-0.39, 0.29) is 29.5 Å². The van der Waals surface area contributed by atoms with Gasteiger partial charge in [0.2, 0.25) is 5.95 Å². The molecule has 1 amide bonds. The number of carbonyl (C=O) groups is 2. The molecule has 0 radical (unpaired) electrons. The van der Waals surface area contributed by atoms with E-state index in [1.165, 1.54) is 11.4 Å². The molecule has 1 aromatic carbocycles. The van der Waals surface area contributed by atoms with Gasteiger partial charge in [-0.1, -0.05) is 13.0 Å². The summed E-state index contributed by atoms with van der Waals surface area (Å²) in [5.41, 5.74) is 0.541. The van der Waals surface area contributed by atoms with Gasteiger partial charge in [0.05, 0.1) is 23.2 Å². The van der Waals surface area contributed by atoms with Crippen molar-refractivity contribution in [2.45, 2.75) is 38.8 Å². The second-order valence-corrected chi connectivity index (χ2v) is 8.97. The number of halogens is 6. The Bertz CT molecular complexity index is 1370. The van der Waals surface area contributed by atoms with E-state index in [4.69, 9.17) is 0 Å². The lowest BCUT2D eigenvalue weighted by atomic mass is 10.0. The Morgan fingerprint density at radius 2 is 1.78 bits per heavy atom. The third-order valence-electron chi connectivity index (χ3n) is 5.65. The number of carbonyl (C=O) groups excluding carboxylic acids is 2. The molecule has 0 aliphatic carbocycles. The van der Waals surface area contributed by atoms with Crippen molar-refractivity contribution < 1.29 is 40.7 Å². The number of benzene rings is 1. The number of aryl methyl sites for hydroxylation is 1. The fraction of sp³-hybridized carbons (Fsp3) is 0.304. The average molecular weight is 544 g/mol. The maximum Gasteiger partial charge on any atom is 0.471 e. The number of ether oxygens (including phenoxy) is 1. The summed E-state index contributed by atoms with van der Waals surface area (Å²) >= 11 is 0.872. The first-order valence-corrected chi connectivity index (χ1v) is 11.6. The number of fused-ring (bicyclic) bond motifs is 1. The standard InChI is InChI=1S/C23H18F6N4O3S/c1-3-11-4-12-8-33(20(35)23(27,28)29)9-13(12)5-16(11)31-21-30-7-15(22(24,25)26)18(32-21)17-6-14(10-37-17)19(34)36-2/h4-7,10H,3,8-9H2,1-2H3,(H,30,31,32). The molecule has 0 spiro atoms. The molecule has 14 heteroatoms. The van der Waals surface area contributed by atoms with Gasteiger partial charge in [0.15, 0.2) is 0 Å². The normalized spacial score (nSPS) is 13.5. The number of amides is 1. The first kappa shape index (κ1) is 26.4. The van der Waals surface area contributed by atoms with E-state index >= 15 is 0 Å². The zero-order valence-electron chi connectivity index (χ0n) is 19.3. The van der Waals surface area contributed by atoms with Gasteiger partial charge in [-0.3, -0.25) is 4.79 Å². The van der Waals surface area contributed by atoms with Crippen LogP contribution in [-0.4, -0.2) is 40.0 Å². The highest BCUT2D eigenvalue weighted by Gasteiger charge is 2.44. The van der Waals surface area contributed by atoms with Crippen LogP contribution in [0.25, 0.3) is 10.6 Å². The van der Waals surface area contributed by atoms with E-state index in [0.29, 0.717) is 39.9 Å². The number of thiophene rings is 1. The molecule has 0 saturated heterocycles. The first-order chi connectivity index (χ1) is 17.3. The summed E-state index contributed by atoms with van der Waals surface area (Å²) in [5, 5.41) is 4.20. The Hall–Kier alpha value is -3.68. The molecule has 1 aliphatic heterocycles. The molecule has 2 aromatic heterocycles. The zero-order valence-corrected chi connectivity index (χ0v) is 20.1. The van der Waals surface area contributed by atoms with Crippen LogP contribution >= 0.6 is 11.3 Å². The minimum atomic E-state index is -5.00. The SMILES string of the molecule is CCc1cc2c(cc1Nc1ncc(C(F)(F)F)c(-c3cc(C(=O)OC)cs3)n1)CN(C(=O)C(F)(F)F)C2. The predicted molar refractivity (Wildman–Crippen MR) is 121 cm³/mol. The Morgan fingerprint density at radius 3 is 2.38 bits per heavy atom. The minimum absolute atomic E-state index is 0.0594. The molecule has 37 heavy (non-hydrogen) atoms. The molecule has 0 atom stereocenters. The molecule has 196 valence electrons. The van der Waals surface area contributed by atoms with Crippen LogP contribution in [0.1, 0.15) is 39.5 Å². The van der Waals surface area contributed by atoms with Crippen molar-refractivity contribution in [3.05, 3.63) is 57.6 Å². The van der Waals surface area contributed by atoms with Crippen LogP contribution in [0.15, 0.2) is 29.8 Å². The Morgan fingerprint density at radius 1 is 1.11 bits per heavy atom. The third kappa shape index (κ3) is 5.38. The van der Waals surface area contributed by atoms with Gasteiger partial charge in [0.1, 0.15) is 5.56 Å². The number of aromatic nitrogens is 2. The van der Waals surface area contributed by atoms with Crippen LogP contribution in [0.3, 0.4) is 0 Å². The number of nitrogens with one attached hydrogen (secondary N) is 1. The molecule has 0 unspecified atom stereocenters. The lowest BCUT2D eigenvalue weighted by molar-refractivity contribution is -0.186. The Kier molecular flexibility index (Phi) is 6.88. The van der Waals surface area contributed by atoms with Crippen LogP contribution in [-0.2, 0) is 35.2 Å². The van der Waals surface area contributed by atoms with Gasteiger partial charge < -0.3 is 15.0 Å². The fourth-order valence-electron chi connectivity index (χ4n) is 3.88. The smallest absolute Gasteiger partial charge is 0.465 e. The van der Waals surface area contributed by atoms with E-state index in [1.807, 2.05) is 0 Å². The molecule has 0 bridgehead atoms. The van der Waals surface area contributed by atoms with Gasteiger partial charge in [0.25, 0.3) is 0 Å². The second kappa shape index (κ2) is 9.65. The van der Waals surface area contributed by atoms with E-state index in [9.17, 15) is 35.9 Å². The Labute approximate surface area is 210 Å². The number of esters is 1. The number of hydrogen-bond donors (Lipinski definition) is 1. The third-order valence-corrected chi connectivity index (χ3v) is 6.59. The van der Waals surface area contributed by atoms with E-state index in [1.54, 1.807) is 19.1 Å². The summed E-state index contributed by atoms with van der Waals surface area (Å²) in [7, 11) is 1.15. The number of methoxy groups -OCH3 is 1. The number of anilines is 2. The molecular weight excluding hydrogens is 526 g/mol. The highest BCUT2D eigenvalue weighted by molar-refractivity contribution is 7.13. The largest absolute Gasteiger partial charge is 0.471 e. The summed E-state index contributed by atoms with van der Waals surface area (Å²) in [6.45, 7) is 1.32. The number of nitrogens with zero attached hydrogens (tertiary/aromatic N) is 3. The molecule has 0 fully saturated rings. The van der Waals surface area contributed by atoms with Crippen LogP contribution in [0.2, 0.25) is 0 Å². The maximum absolute atomic E-state index is 13.7. The van der Waals surface area contributed by atoms with E-state index in [2.05, 4.69) is 20.0 Å². The van der Waals surface area contributed by atoms with Crippen molar-refractivity contribution in [2.24, 2.45) is 0 Å². The van der Waals surface area contributed by atoms with Crippen LogP contribution in [0, 0.1) is 0 Å². The van der Waals surface area contributed by atoms with Crippen molar-refractivity contribution >= 4 is 34.8 Å². The maximum atomic E-state index is 13.7. The van der Waals surface area contributed by atoms with E-state index in [0.717, 1.165) is 18.4 Å². The number of alkyl halides is 6. The fourth-order valence-corrected chi connectivity index (χ4v) is 4.76. The van der Waals surface area contributed by atoms with Crippen LogP contribution in [0.5, 0.6) is 0 Å². The van der Waals surface area contributed by atoms with Gasteiger partial charge in [-0.25, -0.2) is 14.8 Å². The van der Waals surface area contributed by atoms with Gasteiger partial charge >= 0.3 is 24.2 Å². The molecular formula is C23H18F6N4O3S. The van der Waals surface area contributed by atoms with Gasteiger partial charge in [-0.05, 0) is 35.2 Å². The van der Waals surface area contributed by atoms with Crippen LogP contribution < -0.4 is 5.32 Å². The molecule has 7 nitrogen and oxygen atoms in total. The number of hydrogen-bond acceptors (Lipinski definition) is 7. The molecule has 3 aromatic rings. The van der Waals surface area contributed by atoms with E-state index < -0.39 is 35.5 Å². The van der Waals surface area contributed by atoms with Gasteiger partial charge in [-0.15, -0.1) is 11.3 Å². The van der Waals surface area contributed by atoms with Crippen molar-refractivity contribution in [2.75, 3.05) is 12.4 Å². The molecule has 0 saturated carbocycles. The quantitative estimate of drug-likeness (QED) is 0.327. The van der Waals surface area contributed by atoms with Crippen LogP contribution in [0.4, 0.5) is 38.0 Å². The highest BCUT2D eigenvalue weighted by atomic mass is 32.1. The van der Waals surface area contributed by atoms with Crippen molar-refractivity contribution in [1.82, 2.24) is 14.9 Å². The molecule has 1 aliphatic rings. The second-order valence-electron chi connectivity index (χ2n) is 8.06. The molecule has 4 rings (SSSR count). The van der Waals surface area contributed by atoms with Gasteiger partial charge in [-0.2, -0.15) is 26.3 Å². The summed E-state index contributed by atoms with van der Waals surface area (Å²) < 4.78 is 84.3. The molecule has 3 heterocycles. The summed E-state index contributed by atoms with van der Waals surface area (Å²) in [4.78, 5) is 32.0. The lowest BCUT2D eigenvalue weighted by Crippen LogP contribution is -2.37. The highest BCUT2D eigenvalue weighted by Crippen LogP contribution is 2.39. The number of rotatable bonds is 5. The molecule has 1 N–H and O–H groups in total. The van der Waals surface area contributed by atoms with Gasteiger partial charge in [0, 0.05) is 30.4 Å².